The van der Waals surface area contributed by atoms with E-state index in [-0.39, 0.29) is 24.2 Å². The number of halogens is 1. The van der Waals surface area contributed by atoms with Gasteiger partial charge in [0.15, 0.2) is 5.78 Å². The summed E-state index contributed by atoms with van der Waals surface area (Å²) in [5.74, 6) is -2.37. The van der Waals surface area contributed by atoms with E-state index in [0.29, 0.717) is 22.3 Å². The van der Waals surface area contributed by atoms with E-state index in [1.807, 2.05) is 6.92 Å². The van der Waals surface area contributed by atoms with Gasteiger partial charge in [-0.2, -0.15) is 0 Å². The summed E-state index contributed by atoms with van der Waals surface area (Å²) in [6.07, 6.45) is 1.46. The molecule has 10 heteroatoms. The van der Waals surface area contributed by atoms with Crippen LogP contribution in [0.15, 0.2) is 57.9 Å². The van der Waals surface area contributed by atoms with Crippen LogP contribution in [-0.4, -0.2) is 32.5 Å². The van der Waals surface area contributed by atoms with E-state index in [4.69, 9.17) is 4.42 Å². The lowest BCUT2D eigenvalue weighted by Gasteiger charge is -2.14. The predicted octanol–water partition coefficient (Wildman–Crippen LogP) is 2.44. The predicted molar refractivity (Wildman–Crippen MR) is 113 cm³/mol. The molecule has 2 aromatic carbocycles. The number of anilines is 1. The third-order valence-electron chi connectivity index (χ3n) is 5.34. The Morgan fingerprint density at radius 3 is 2.73 bits per heavy atom. The average Bonchev–Trinajstić information content (AvgIpc) is 3.31. The minimum Gasteiger partial charge on any atom is -0.422 e. The molecule has 1 amide bonds. The molecule has 2 aromatic heterocycles. The van der Waals surface area contributed by atoms with Gasteiger partial charge in [0.2, 0.25) is 0 Å². The molecule has 0 unspecified atom stereocenters. The molecule has 9 nitrogen and oxygen atoms in total. The van der Waals surface area contributed by atoms with Crippen LogP contribution in [0.3, 0.4) is 0 Å². The van der Waals surface area contributed by atoms with Gasteiger partial charge in [-0.3, -0.25) is 19.3 Å². The molecule has 164 valence electrons. The van der Waals surface area contributed by atoms with Crippen molar-refractivity contribution in [3.63, 3.8) is 0 Å². The van der Waals surface area contributed by atoms with E-state index >= 15 is 0 Å². The van der Waals surface area contributed by atoms with E-state index in [1.54, 1.807) is 18.2 Å². The van der Waals surface area contributed by atoms with Crippen molar-refractivity contribution in [2.24, 2.45) is 0 Å². The molecule has 0 saturated carbocycles. The second kappa shape index (κ2) is 7.59. The quantitative estimate of drug-likeness (QED) is 0.263. The molecule has 0 aliphatic carbocycles. The van der Waals surface area contributed by atoms with E-state index in [1.165, 1.54) is 34.0 Å². The molecule has 0 bridgehead atoms. The highest BCUT2D eigenvalue weighted by molar-refractivity contribution is 6.52. The first-order valence-electron chi connectivity index (χ1n) is 9.92. The van der Waals surface area contributed by atoms with Gasteiger partial charge >= 0.3 is 5.63 Å². The Morgan fingerprint density at radius 2 is 1.91 bits per heavy atom. The SMILES string of the molecule is Cc1ccc2c(c1)C(=O)C(=O)N2Cc1cn(CC(=O)c2cc3ccc(F)cc3oc2=O)nn1. The summed E-state index contributed by atoms with van der Waals surface area (Å²) in [4.78, 5) is 50.8. The van der Waals surface area contributed by atoms with Gasteiger partial charge in [-0.05, 0) is 37.3 Å². The summed E-state index contributed by atoms with van der Waals surface area (Å²) in [6.45, 7) is 1.53. The number of fused-ring (bicyclic) bond motifs is 2. The molecule has 5 rings (SSSR count). The van der Waals surface area contributed by atoms with Crippen LogP contribution in [0.4, 0.5) is 10.1 Å². The Bertz CT molecular complexity index is 1540. The van der Waals surface area contributed by atoms with Crippen LogP contribution in [0, 0.1) is 12.7 Å². The van der Waals surface area contributed by atoms with E-state index in [9.17, 15) is 23.6 Å². The normalized spacial score (nSPS) is 13.1. The van der Waals surface area contributed by atoms with Gasteiger partial charge in [0.25, 0.3) is 11.7 Å². The van der Waals surface area contributed by atoms with E-state index in [0.717, 1.165) is 11.6 Å². The van der Waals surface area contributed by atoms with Gasteiger partial charge in [0, 0.05) is 11.5 Å². The van der Waals surface area contributed by atoms with Crippen LogP contribution >= 0.6 is 0 Å². The first-order chi connectivity index (χ1) is 15.8. The smallest absolute Gasteiger partial charge is 0.347 e. The maximum Gasteiger partial charge on any atom is 0.347 e. The average molecular weight is 446 g/mol. The standard InChI is InChI=1S/C23H15FN4O5/c1-12-2-5-18-16(6-12)21(30)22(31)28(18)10-15-9-27(26-25-15)11-19(29)17-7-13-3-4-14(24)8-20(13)33-23(17)32/h2-9H,10-11H2,1H3. The molecule has 1 aliphatic rings. The summed E-state index contributed by atoms with van der Waals surface area (Å²) in [5.41, 5.74) is 1.02. The number of ketones is 2. The molecule has 4 aromatic rings. The molecule has 3 heterocycles. The number of amides is 1. The number of hydrogen-bond donors (Lipinski definition) is 0. The van der Waals surface area contributed by atoms with E-state index < -0.39 is 28.9 Å². The molecule has 1 aliphatic heterocycles. The maximum atomic E-state index is 13.3. The van der Waals surface area contributed by atoms with Crippen LogP contribution in [-0.2, 0) is 17.9 Å². The summed E-state index contributed by atoms with van der Waals surface area (Å²) >= 11 is 0. The summed E-state index contributed by atoms with van der Waals surface area (Å²) in [7, 11) is 0. The Morgan fingerprint density at radius 1 is 1.09 bits per heavy atom. The van der Waals surface area contributed by atoms with Crippen molar-refractivity contribution in [2.75, 3.05) is 4.90 Å². The summed E-state index contributed by atoms with van der Waals surface area (Å²) in [5, 5.41) is 8.26. The van der Waals surface area contributed by atoms with Crippen LogP contribution < -0.4 is 10.5 Å². The first kappa shape index (κ1) is 20.4. The van der Waals surface area contributed by atoms with Gasteiger partial charge in [-0.1, -0.05) is 16.8 Å². The molecule has 0 atom stereocenters. The number of carbonyl (C=O) groups excluding carboxylic acids is 3. The van der Waals surface area contributed by atoms with Crippen LogP contribution in [0.25, 0.3) is 11.0 Å². The van der Waals surface area contributed by atoms with Crippen molar-refractivity contribution in [1.82, 2.24) is 15.0 Å². The lowest BCUT2D eigenvalue weighted by atomic mass is 10.1. The minimum absolute atomic E-state index is 0.00149. The van der Waals surface area contributed by atoms with Gasteiger partial charge in [-0.25, -0.2) is 13.9 Å². The monoisotopic (exact) mass is 446 g/mol. The van der Waals surface area contributed by atoms with Crippen LogP contribution in [0.1, 0.15) is 32.0 Å². The van der Waals surface area contributed by atoms with Crippen molar-refractivity contribution in [3.05, 3.63) is 87.3 Å². The lowest BCUT2D eigenvalue weighted by molar-refractivity contribution is -0.114. The molecule has 0 saturated heterocycles. The number of aryl methyl sites for hydroxylation is 1. The fraction of sp³-hybridized carbons (Fsp3) is 0.130. The van der Waals surface area contributed by atoms with E-state index in [2.05, 4.69) is 10.3 Å². The highest BCUT2D eigenvalue weighted by Gasteiger charge is 2.36. The fourth-order valence-corrected chi connectivity index (χ4v) is 3.73. The molecular weight excluding hydrogens is 431 g/mol. The summed E-state index contributed by atoms with van der Waals surface area (Å²) in [6, 6.07) is 10.2. The molecule has 33 heavy (non-hydrogen) atoms. The van der Waals surface area contributed by atoms with Crippen molar-refractivity contribution in [1.29, 1.82) is 0 Å². The molecular formula is C23H15FN4O5. The Hall–Kier alpha value is -4.47. The third kappa shape index (κ3) is 3.61. The number of hydrogen-bond acceptors (Lipinski definition) is 7. The van der Waals surface area contributed by atoms with Crippen molar-refractivity contribution in [2.45, 2.75) is 20.0 Å². The largest absolute Gasteiger partial charge is 0.422 e. The van der Waals surface area contributed by atoms with Crippen LogP contribution in [0.2, 0.25) is 0 Å². The number of nitrogens with zero attached hydrogens (tertiary/aromatic N) is 4. The highest BCUT2D eigenvalue weighted by Crippen LogP contribution is 2.30. The number of carbonyl (C=O) groups is 3. The molecule has 0 spiro atoms. The summed E-state index contributed by atoms with van der Waals surface area (Å²) < 4.78 is 19.6. The molecule has 0 radical (unpaired) electrons. The van der Waals surface area contributed by atoms with Crippen molar-refractivity contribution >= 4 is 34.1 Å². The third-order valence-corrected chi connectivity index (χ3v) is 5.34. The molecule has 0 N–H and O–H groups in total. The Balaban J connectivity index is 1.35. The van der Waals surface area contributed by atoms with Gasteiger partial charge < -0.3 is 4.42 Å². The number of Topliss-reactive ketones (excluding diaryl/α,β-unsaturated/α-hetero) is 2. The second-order valence-electron chi connectivity index (χ2n) is 7.70. The Labute approximate surface area is 185 Å². The molecule has 0 fully saturated rings. The van der Waals surface area contributed by atoms with Gasteiger partial charge in [0.05, 0.1) is 24.0 Å². The van der Waals surface area contributed by atoms with Crippen molar-refractivity contribution < 1.29 is 23.2 Å². The number of rotatable bonds is 5. The number of benzene rings is 2. The van der Waals surface area contributed by atoms with Gasteiger partial charge in [-0.15, -0.1) is 5.10 Å². The minimum atomic E-state index is -0.883. The highest BCUT2D eigenvalue weighted by atomic mass is 19.1. The first-order valence-corrected chi connectivity index (χ1v) is 9.92. The Kier molecular flexibility index (Phi) is 4.70. The van der Waals surface area contributed by atoms with Crippen molar-refractivity contribution in [3.8, 4) is 0 Å². The maximum absolute atomic E-state index is 13.3. The van der Waals surface area contributed by atoms with Crippen LogP contribution in [0.5, 0.6) is 0 Å². The zero-order valence-electron chi connectivity index (χ0n) is 17.2. The fourth-order valence-electron chi connectivity index (χ4n) is 3.73. The zero-order valence-corrected chi connectivity index (χ0v) is 17.2. The topological polar surface area (TPSA) is 115 Å². The number of aromatic nitrogens is 3. The lowest BCUT2D eigenvalue weighted by Crippen LogP contribution is -2.29. The van der Waals surface area contributed by atoms with Gasteiger partial charge in [0.1, 0.15) is 29.2 Å². The second-order valence-corrected chi connectivity index (χ2v) is 7.70. The zero-order chi connectivity index (χ0) is 23.3.